The molecular formula is C16H18N2O2. The van der Waals surface area contributed by atoms with E-state index >= 15 is 0 Å². The Morgan fingerprint density at radius 3 is 2.40 bits per heavy atom. The van der Waals surface area contributed by atoms with Crippen LogP contribution in [-0.2, 0) is 0 Å². The van der Waals surface area contributed by atoms with Crippen molar-refractivity contribution in [2.75, 3.05) is 11.1 Å². The Bertz CT molecular complexity index is 678. The van der Waals surface area contributed by atoms with E-state index in [0.29, 0.717) is 16.9 Å². The summed E-state index contributed by atoms with van der Waals surface area (Å²) in [6, 6.07) is 8.36. The summed E-state index contributed by atoms with van der Waals surface area (Å²) < 4.78 is 0. The van der Waals surface area contributed by atoms with Crippen molar-refractivity contribution in [2.45, 2.75) is 20.8 Å². The summed E-state index contributed by atoms with van der Waals surface area (Å²) in [6.45, 7) is 5.63. The third-order valence-corrected chi connectivity index (χ3v) is 3.32. The van der Waals surface area contributed by atoms with Crippen molar-refractivity contribution in [1.82, 2.24) is 0 Å². The average Bonchev–Trinajstić information content (AvgIpc) is 2.35. The Balaban J connectivity index is 2.30. The molecule has 2 aromatic rings. The lowest BCUT2D eigenvalue weighted by Gasteiger charge is -2.12. The molecule has 0 aliphatic carbocycles. The van der Waals surface area contributed by atoms with E-state index in [4.69, 9.17) is 5.73 Å². The SMILES string of the molecule is Cc1cc(C)c(NC(=O)c2ccc(O)cc2C)cc1N. The number of anilines is 2. The number of hydrogen-bond donors (Lipinski definition) is 3. The van der Waals surface area contributed by atoms with E-state index in [9.17, 15) is 9.90 Å². The molecule has 0 heterocycles. The van der Waals surface area contributed by atoms with Crippen LogP contribution in [0, 0.1) is 20.8 Å². The number of rotatable bonds is 2. The van der Waals surface area contributed by atoms with Crippen molar-refractivity contribution < 1.29 is 9.90 Å². The Hall–Kier alpha value is -2.49. The Morgan fingerprint density at radius 2 is 1.75 bits per heavy atom. The fourth-order valence-electron chi connectivity index (χ4n) is 2.10. The maximum Gasteiger partial charge on any atom is 0.255 e. The number of aryl methyl sites for hydroxylation is 3. The fourth-order valence-corrected chi connectivity index (χ4v) is 2.10. The summed E-state index contributed by atoms with van der Waals surface area (Å²) in [4.78, 5) is 12.3. The minimum atomic E-state index is -0.214. The minimum absolute atomic E-state index is 0.148. The number of nitrogen functional groups attached to an aromatic ring is 1. The van der Waals surface area contributed by atoms with Crippen LogP contribution in [0.15, 0.2) is 30.3 Å². The number of nitrogens with two attached hydrogens (primary N) is 1. The number of nitrogens with one attached hydrogen (secondary N) is 1. The highest BCUT2D eigenvalue weighted by atomic mass is 16.3. The van der Waals surface area contributed by atoms with Gasteiger partial charge in [0.1, 0.15) is 5.75 Å². The first-order valence-electron chi connectivity index (χ1n) is 6.36. The number of phenolic OH excluding ortho intramolecular Hbond substituents is 1. The summed E-state index contributed by atoms with van der Waals surface area (Å²) in [5.41, 5.74) is 10.4. The van der Waals surface area contributed by atoms with Gasteiger partial charge in [0.15, 0.2) is 0 Å². The molecule has 0 aromatic heterocycles. The topological polar surface area (TPSA) is 75.3 Å². The van der Waals surface area contributed by atoms with E-state index in [1.807, 2.05) is 19.9 Å². The second-order valence-corrected chi connectivity index (χ2v) is 4.98. The highest BCUT2D eigenvalue weighted by Gasteiger charge is 2.11. The van der Waals surface area contributed by atoms with Gasteiger partial charge < -0.3 is 16.2 Å². The highest BCUT2D eigenvalue weighted by Crippen LogP contribution is 2.23. The Labute approximate surface area is 118 Å². The van der Waals surface area contributed by atoms with E-state index in [1.165, 1.54) is 6.07 Å². The lowest BCUT2D eigenvalue weighted by Crippen LogP contribution is -2.14. The van der Waals surface area contributed by atoms with Gasteiger partial charge in [0.2, 0.25) is 0 Å². The van der Waals surface area contributed by atoms with Crippen LogP contribution in [0.2, 0.25) is 0 Å². The zero-order valence-corrected chi connectivity index (χ0v) is 11.8. The molecule has 0 unspecified atom stereocenters. The van der Waals surface area contributed by atoms with Crippen molar-refractivity contribution in [3.05, 3.63) is 52.6 Å². The van der Waals surface area contributed by atoms with Gasteiger partial charge in [-0.1, -0.05) is 6.07 Å². The lowest BCUT2D eigenvalue weighted by molar-refractivity contribution is 0.102. The van der Waals surface area contributed by atoms with Gasteiger partial charge in [-0.2, -0.15) is 0 Å². The predicted molar refractivity (Wildman–Crippen MR) is 81.1 cm³/mol. The Kier molecular flexibility index (Phi) is 3.66. The van der Waals surface area contributed by atoms with Crippen molar-refractivity contribution in [2.24, 2.45) is 0 Å². The third kappa shape index (κ3) is 2.74. The molecule has 2 aromatic carbocycles. The summed E-state index contributed by atoms with van der Waals surface area (Å²) in [6.07, 6.45) is 0. The molecular weight excluding hydrogens is 252 g/mol. The van der Waals surface area contributed by atoms with Crippen LogP contribution >= 0.6 is 0 Å². The first kappa shape index (κ1) is 13.9. The van der Waals surface area contributed by atoms with Crippen LogP contribution in [0.25, 0.3) is 0 Å². The van der Waals surface area contributed by atoms with E-state index in [-0.39, 0.29) is 11.7 Å². The highest BCUT2D eigenvalue weighted by molar-refractivity contribution is 6.06. The van der Waals surface area contributed by atoms with E-state index < -0.39 is 0 Å². The molecule has 0 atom stereocenters. The number of amides is 1. The van der Waals surface area contributed by atoms with E-state index in [0.717, 1.165) is 16.7 Å². The maximum absolute atomic E-state index is 12.3. The fraction of sp³-hybridized carbons (Fsp3) is 0.188. The van der Waals surface area contributed by atoms with Gasteiger partial charge in [-0.05, 0) is 61.7 Å². The number of benzene rings is 2. The zero-order chi connectivity index (χ0) is 14.9. The normalized spacial score (nSPS) is 10.3. The number of aromatic hydroxyl groups is 1. The molecule has 0 spiro atoms. The van der Waals surface area contributed by atoms with Gasteiger partial charge in [0.05, 0.1) is 0 Å². The van der Waals surface area contributed by atoms with Gasteiger partial charge in [-0.25, -0.2) is 0 Å². The van der Waals surface area contributed by atoms with E-state index in [2.05, 4.69) is 5.32 Å². The lowest BCUT2D eigenvalue weighted by atomic mass is 10.1. The van der Waals surface area contributed by atoms with Gasteiger partial charge in [-0.3, -0.25) is 4.79 Å². The quantitative estimate of drug-likeness (QED) is 0.734. The number of phenols is 1. The maximum atomic E-state index is 12.3. The van der Waals surface area contributed by atoms with Gasteiger partial charge in [0.25, 0.3) is 5.91 Å². The van der Waals surface area contributed by atoms with E-state index in [1.54, 1.807) is 25.1 Å². The van der Waals surface area contributed by atoms with Crippen LogP contribution in [0.5, 0.6) is 5.75 Å². The smallest absolute Gasteiger partial charge is 0.255 e. The molecule has 2 rings (SSSR count). The van der Waals surface area contributed by atoms with Gasteiger partial charge in [-0.15, -0.1) is 0 Å². The third-order valence-electron chi connectivity index (χ3n) is 3.32. The molecule has 0 radical (unpaired) electrons. The van der Waals surface area contributed by atoms with Crippen LogP contribution in [0.1, 0.15) is 27.0 Å². The molecule has 0 saturated heterocycles. The van der Waals surface area contributed by atoms with Crippen LogP contribution in [0.3, 0.4) is 0 Å². The standard InChI is InChI=1S/C16H18N2O2/c1-9-7-12(19)4-5-13(9)16(20)18-15-8-14(17)10(2)6-11(15)3/h4-8,19H,17H2,1-3H3,(H,18,20). The molecule has 0 fully saturated rings. The largest absolute Gasteiger partial charge is 0.508 e. The van der Waals surface area contributed by atoms with Crippen LogP contribution in [-0.4, -0.2) is 11.0 Å². The number of carbonyl (C=O) groups is 1. The number of carbonyl (C=O) groups excluding carboxylic acids is 1. The molecule has 0 aliphatic heterocycles. The van der Waals surface area contributed by atoms with Crippen molar-refractivity contribution in [3.8, 4) is 5.75 Å². The Morgan fingerprint density at radius 1 is 1.05 bits per heavy atom. The average molecular weight is 270 g/mol. The monoisotopic (exact) mass is 270 g/mol. The van der Waals surface area contributed by atoms with Crippen LogP contribution < -0.4 is 11.1 Å². The second kappa shape index (κ2) is 5.25. The van der Waals surface area contributed by atoms with Crippen molar-refractivity contribution >= 4 is 17.3 Å². The first-order valence-corrected chi connectivity index (χ1v) is 6.36. The molecule has 104 valence electrons. The summed E-state index contributed by atoms with van der Waals surface area (Å²) in [7, 11) is 0. The summed E-state index contributed by atoms with van der Waals surface area (Å²) in [5, 5.41) is 12.2. The molecule has 1 amide bonds. The molecule has 0 saturated carbocycles. The first-order chi connectivity index (χ1) is 9.38. The summed E-state index contributed by atoms with van der Waals surface area (Å²) in [5.74, 6) is -0.0661. The van der Waals surface area contributed by atoms with Crippen molar-refractivity contribution in [1.29, 1.82) is 0 Å². The molecule has 4 heteroatoms. The van der Waals surface area contributed by atoms with Gasteiger partial charge >= 0.3 is 0 Å². The zero-order valence-electron chi connectivity index (χ0n) is 11.8. The predicted octanol–water partition coefficient (Wildman–Crippen LogP) is 3.15. The van der Waals surface area contributed by atoms with Crippen molar-refractivity contribution in [3.63, 3.8) is 0 Å². The molecule has 20 heavy (non-hydrogen) atoms. The molecule has 0 bridgehead atoms. The summed E-state index contributed by atoms with van der Waals surface area (Å²) >= 11 is 0. The van der Waals surface area contributed by atoms with Crippen LogP contribution in [0.4, 0.5) is 11.4 Å². The van der Waals surface area contributed by atoms with Gasteiger partial charge in [0, 0.05) is 16.9 Å². The molecule has 4 nitrogen and oxygen atoms in total. The molecule has 4 N–H and O–H groups in total. The second-order valence-electron chi connectivity index (χ2n) is 4.98. The molecule has 0 aliphatic rings. The minimum Gasteiger partial charge on any atom is -0.508 e. The number of hydrogen-bond acceptors (Lipinski definition) is 3.